The van der Waals surface area contributed by atoms with Crippen molar-refractivity contribution in [1.29, 1.82) is 0 Å². The van der Waals surface area contributed by atoms with Gasteiger partial charge in [0.2, 0.25) is 5.91 Å². The number of amides is 1. The Labute approximate surface area is 195 Å². The van der Waals surface area contributed by atoms with Crippen LogP contribution in [0.1, 0.15) is 22.4 Å². The Bertz CT molecular complexity index is 1520. The SMILES string of the molecule is Cc1cc(NC(=O)Cc2ccc(F)cc2)n(-c2ncnc3c2cnn3-c2cccc(C)c2C)n1. The number of hydrogen-bond acceptors (Lipinski definition) is 5. The highest BCUT2D eigenvalue weighted by atomic mass is 19.1. The maximum Gasteiger partial charge on any atom is 0.229 e. The summed E-state index contributed by atoms with van der Waals surface area (Å²) in [6.07, 6.45) is 3.27. The summed E-state index contributed by atoms with van der Waals surface area (Å²) in [6, 6.07) is 13.7. The molecule has 34 heavy (non-hydrogen) atoms. The van der Waals surface area contributed by atoms with Crippen molar-refractivity contribution in [3.63, 3.8) is 0 Å². The fourth-order valence-electron chi connectivity index (χ4n) is 3.87. The van der Waals surface area contributed by atoms with Gasteiger partial charge in [-0.3, -0.25) is 4.79 Å². The predicted molar refractivity (Wildman–Crippen MR) is 127 cm³/mol. The van der Waals surface area contributed by atoms with Crippen molar-refractivity contribution in [3.05, 3.63) is 89.3 Å². The van der Waals surface area contributed by atoms with Gasteiger partial charge >= 0.3 is 0 Å². The van der Waals surface area contributed by atoms with E-state index in [9.17, 15) is 9.18 Å². The molecule has 5 aromatic rings. The number of carbonyl (C=O) groups excluding carboxylic acids is 1. The fourth-order valence-corrected chi connectivity index (χ4v) is 3.87. The highest BCUT2D eigenvalue weighted by molar-refractivity contribution is 5.92. The van der Waals surface area contributed by atoms with Crippen molar-refractivity contribution in [2.24, 2.45) is 0 Å². The summed E-state index contributed by atoms with van der Waals surface area (Å²) in [5.74, 6) is 0.395. The van der Waals surface area contributed by atoms with E-state index in [2.05, 4.69) is 38.5 Å². The highest BCUT2D eigenvalue weighted by Gasteiger charge is 2.18. The second-order valence-corrected chi connectivity index (χ2v) is 8.14. The normalized spacial score (nSPS) is 11.2. The first kappa shape index (κ1) is 21.4. The third-order valence-electron chi connectivity index (χ3n) is 5.73. The van der Waals surface area contributed by atoms with E-state index in [0.29, 0.717) is 33.9 Å². The molecule has 0 spiro atoms. The lowest BCUT2D eigenvalue weighted by Crippen LogP contribution is -2.17. The zero-order valence-corrected chi connectivity index (χ0v) is 19.0. The topological polar surface area (TPSA) is 90.5 Å². The molecule has 0 unspecified atom stereocenters. The zero-order chi connectivity index (χ0) is 23.8. The summed E-state index contributed by atoms with van der Waals surface area (Å²) in [5.41, 5.74) is 5.26. The molecule has 1 N–H and O–H groups in total. The van der Waals surface area contributed by atoms with Gasteiger partial charge in [0.15, 0.2) is 11.5 Å². The smallest absolute Gasteiger partial charge is 0.229 e. The molecular formula is C25H22FN7O. The fraction of sp³-hybridized carbons (Fsp3) is 0.160. The van der Waals surface area contributed by atoms with E-state index in [1.807, 2.05) is 26.0 Å². The summed E-state index contributed by atoms with van der Waals surface area (Å²) in [5, 5.41) is 12.7. The van der Waals surface area contributed by atoms with Gasteiger partial charge in [0.1, 0.15) is 18.0 Å². The number of benzene rings is 2. The molecule has 0 aliphatic rings. The van der Waals surface area contributed by atoms with E-state index < -0.39 is 0 Å². The van der Waals surface area contributed by atoms with Crippen LogP contribution in [-0.2, 0) is 11.2 Å². The molecule has 0 fully saturated rings. The van der Waals surface area contributed by atoms with E-state index in [1.54, 1.807) is 33.8 Å². The summed E-state index contributed by atoms with van der Waals surface area (Å²) >= 11 is 0. The standard InChI is InChI=1S/C25H22FN7O/c1-15-5-4-6-21(17(15)3)32-24-20(13-29-32)25(28-14-27-24)33-22(11-16(2)31-33)30-23(34)12-18-7-9-19(26)10-8-18/h4-11,13-14H,12H2,1-3H3,(H,30,34). The van der Waals surface area contributed by atoms with Crippen molar-refractivity contribution in [3.8, 4) is 11.5 Å². The number of nitrogens with one attached hydrogen (secondary N) is 1. The van der Waals surface area contributed by atoms with Crippen LogP contribution in [0.4, 0.5) is 10.2 Å². The molecule has 0 radical (unpaired) electrons. The van der Waals surface area contributed by atoms with Crippen molar-refractivity contribution in [1.82, 2.24) is 29.5 Å². The minimum absolute atomic E-state index is 0.105. The number of rotatable bonds is 5. The Morgan fingerprint density at radius 2 is 1.82 bits per heavy atom. The third kappa shape index (κ3) is 3.92. The molecule has 170 valence electrons. The molecule has 5 rings (SSSR count). The summed E-state index contributed by atoms with van der Waals surface area (Å²) in [4.78, 5) is 21.6. The molecule has 0 bridgehead atoms. The van der Waals surface area contributed by atoms with Gasteiger partial charge in [-0.05, 0) is 55.7 Å². The first-order valence-corrected chi connectivity index (χ1v) is 10.8. The average Bonchev–Trinajstić information content (AvgIpc) is 3.40. The molecule has 0 atom stereocenters. The van der Waals surface area contributed by atoms with E-state index in [4.69, 9.17) is 0 Å². The monoisotopic (exact) mass is 455 g/mol. The van der Waals surface area contributed by atoms with Gasteiger partial charge in [0.05, 0.1) is 29.4 Å². The van der Waals surface area contributed by atoms with E-state index >= 15 is 0 Å². The molecule has 3 aromatic heterocycles. The Hall–Kier alpha value is -4.40. The molecule has 2 aromatic carbocycles. The molecule has 0 aliphatic heterocycles. The summed E-state index contributed by atoms with van der Waals surface area (Å²) in [6.45, 7) is 5.94. The number of fused-ring (bicyclic) bond motifs is 1. The molecule has 0 aliphatic carbocycles. The second kappa shape index (κ2) is 8.51. The zero-order valence-electron chi connectivity index (χ0n) is 19.0. The number of aryl methyl sites for hydroxylation is 2. The molecule has 0 saturated carbocycles. The van der Waals surface area contributed by atoms with Crippen molar-refractivity contribution in [2.75, 3.05) is 5.32 Å². The van der Waals surface area contributed by atoms with Gasteiger partial charge in [0, 0.05) is 6.07 Å². The lowest BCUT2D eigenvalue weighted by molar-refractivity contribution is -0.115. The van der Waals surface area contributed by atoms with Crippen molar-refractivity contribution >= 4 is 22.8 Å². The minimum Gasteiger partial charge on any atom is -0.310 e. The van der Waals surface area contributed by atoms with Gasteiger partial charge in [-0.2, -0.15) is 14.9 Å². The number of nitrogens with zero attached hydrogens (tertiary/aromatic N) is 6. The van der Waals surface area contributed by atoms with Crippen molar-refractivity contribution in [2.45, 2.75) is 27.2 Å². The van der Waals surface area contributed by atoms with Crippen LogP contribution in [0.3, 0.4) is 0 Å². The molecular weight excluding hydrogens is 433 g/mol. The Morgan fingerprint density at radius 1 is 1.03 bits per heavy atom. The number of carbonyl (C=O) groups is 1. The lowest BCUT2D eigenvalue weighted by Gasteiger charge is -2.11. The van der Waals surface area contributed by atoms with Crippen LogP contribution in [0.25, 0.3) is 22.5 Å². The van der Waals surface area contributed by atoms with Crippen LogP contribution in [0.5, 0.6) is 0 Å². The molecule has 1 amide bonds. The quantitative estimate of drug-likeness (QED) is 0.428. The first-order valence-electron chi connectivity index (χ1n) is 10.8. The van der Waals surface area contributed by atoms with Crippen LogP contribution in [0.2, 0.25) is 0 Å². The molecule has 3 heterocycles. The van der Waals surface area contributed by atoms with Gasteiger partial charge in [-0.15, -0.1) is 0 Å². The minimum atomic E-state index is -0.341. The third-order valence-corrected chi connectivity index (χ3v) is 5.73. The van der Waals surface area contributed by atoms with Crippen LogP contribution in [0.15, 0.2) is 61.1 Å². The largest absolute Gasteiger partial charge is 0.310 e. The number of anilines is 1. The van der Waals surface area contributed by atoms with Crippen LogP contribution in [-0.4, -0.2) is 35.4 Å². The van der Waals surface area contributed by atoms with Gasteiger partial charge < -0.3 is 5.32 Å². The highest BCUT2D eigenvalue weighted by Crippen LogP contribution is 2.26. The molecule has 8 nitrogen and oxygen atoms in total. The van der Waals surface area contributed by atoms with Crippen LogP contribution < -0.4 is 5.32 Å². The molecule has 0 saturated heterocycles. The number of halogens is 1. The van der Waals surface area contributed by atoms with E-state index in [-0.39, 0.29) is 18.1 Å². The van der Waals surface area contributed by atoms with Gasteiger partial charge in [0.25, 0.3) is 0 Å². The maximum absolute atomic E-state index is 13.2. The summed E-state index contributed by atoms with van der Waals surface area (Å²) < 4.78 is 16.5. The van der Waals surface area contributed by atoms with E-state index in [1.165, 1.54) is 18.5 Å². The maximum atomic E-state index is 13.2. The van der Waals surface area contributed by atoms with Crippen LogP contribution in [0, 0.1) is 26.6 Å². The van der Waals surface area contributed by atoms with Crippen LogP contribution >= 0.6 is 0 Å². The average molecular weight is 455 g/mol. The Morgan fingerprint density at radius 3 is 2.62 bits per heavy atom. The number of aromatic nitrogens is 6. The van der Waals surface area contributed by atoms with Gasteiger partial charge in [-0.25, -0.2) is 19.0 Å². The van der Waals surface area contributed by atoms with E-state index in [0.717, 1.165) is 16.8 Å². The first-order chi connectivity index (χ1) is 16.4. The second-order valence-electron chi connectivity index (χ2n) is 8.14. The number of hydrogen-bond donors (Lipinski definition) is 1. The Kier molecular flexibility index (Phi) is 5.37. The molecule has 9 heteroatoms. The van der Waals surface area contributed by atoms with Gasteiger partial charge in [-0.1, -0.05) is 24.3 Å². The Balaban J connectivity index is 1.51. The lowest BCUT2D eigenvalue weighted by atomic mass is 10.1. The predicted octanol–water partition coefficient (Wildman–Crippen LogP) is 4.25. The van der Waals surface area contributed by atoms with Crippen molar-refractivity contribution < 1.29 is 9.18 Å². The summed E-state index contributed by atoms with van der Waals surface area (Å²) in [7, 11) is 0.